The fourth-order valence-electron chi connectivity index (χ4n) is 3.47. The minimum atomic E-state index is -3.11. The molecule has 3 heterocycles. The molecule has 1 aromatic carbocycles. The first kappa shape index (κ1) is 18.5. The second-order valence-electron chi connectivity index (χ2n) is 6.99. The number of nitrogens with one attached hydrogen (secondary N) is 2. The summed E-state index contributed by atoms with van der Waals surface area (Å²) < 4.78 is 33.4. The van der Waals surface area contributed by atoms with E-state index >= 15 is 0 Å². The van der Waals surface area contributed by atoms with Gasteiger partial charge < -0.3 is 20.1 Å². The zero-order valence-electron chi connectivity index (χ0n) is 14.8. The van der Waals surface area contributed by atoms with Crippen molar-refractivity contribution in [2.75, 3.05) is 18.3 Å². The number of rotatable bonds is 5. The number of sulfone groups is 1. The molecular formula is C17H19N3O7S. The van der Waals surface area contributed by atoms with Crippen LogP contribution in [0.25, 0.3) is 0 Å². The van der Waals surface area contributed by atoms with E-state index in [4.69, 9.17) is 9.47 Å². The van der Waals surface area contributed by atoms with Crippen molar-refractivity contribution in [3.05, 3.63) is 23.8 Å². The zero-order valence-corrected chi connectivity index (χ0v) is 15.7. The Labute approximate surface area is 161 Å². The van der Waals surface area contributed by atoms with Crippen LogP contribution in [0.3, 0.4) is 0 Å². The molecule has 0 aliphatic carbocycles. The predicted molar refractivity (Wildman–Crippen MR) is 95.3 cm³/mol. The van der Waals surface area contributed by atoms with Crippen LogP contribution >= 0.6 is 0 Å². The van der Waals surface area contributed by atoms with E-state index in [1.54, 1.807) is 18.2 Å². The summed E-state index contributed by atoms with van der Waals surface area (Å²) in [6, 6.07) is 3.13. The van der Waals surface area contributed by atoms with Gasteiger partial charge in [-0.05, 0) is 24.1 Å². The lowest BCUT2D eigenvalue weighted by molar-refractivity contribution is -0.131. The van der Waals surface area contributed by atoms with Crippen LogP contribution in [0, 0.1) is 0 Å². The van der Waals surface area contributed by atoms with Gasteiger partial charge in [0.25, 0.3) is 5.91 Å². The molecule has 1 aromatic rings. The van der Waals surface area contributed by atoms with Crippen molar-refractivity contribution in [3.63, 3.8) is 0 Å². The molecule has 2 unspecified atom stereocenters. The van der Waals surface area contributed by atoms with Crippen molar-refractivity contribution in [2.24, 2.45) is 0 Å². The van der Waals surface area contributed by atoms with Crippen molar-refractivity contribution in [3.8, 4) is 11.5 Å². The van der Waals surface area contributed by atoms with Crippen LogP contribution in [-0.4, -0.2) is 61.5 Å². The molecule has 11 heteroatoms. The molecule has 3 aliphatic rings. The normalized spacial score (nSPS) is 25.1. The van der Waals surface area contributed by atoms with E-state index in [0.717, 1.165) is 4.90 Å². The van der Waals surface area contributed by atoms with E-state index in [2.05, 4.69) is 10.6 Å². The molecule has 28 heavy (non-hydrogen) atoms. The zero-order chi connectivity index (χ0) is 19.9. The molecule has 2 fully saturated rings. The van der Waals surface area contributed by atoms with Gasteiger partial charge >= 0.3 is 6.03 Å². The molecule has 2 saturated heterocycles. The molecule has 150 valence electrons. The lowest BCUT2D eigenvalue weighted by atomic mass is 10.1. The molecule has 0 spiro atoms. The fourth-order valence-corrected chi connectivity index (χ4v) is 5.14. The highest BCUT2D eigenvalue weighted by atomic mass is 32.2. The van der Waals surface area contributed by atoms with Gasteiger partial charge in [-0.25, -0.2) is 13.2 Å². The topological polar surface area (TPSA) is 131 Å². The molecule has 0 aromatic heterocycles. The van der Waals surface area contributed by atoms with Crippen LogP contribution in [0.4, 0.5) is 4.79 Å². The number of amides is 4. The standard InChI is InChI=1S/C17H19N3O7S/c21-15(18-11-3-4-28(24,25)8-11)6-12-16(22)20(17(23)19-12)7-10-1-2-13-14(5-10)27-9-26-13/h1-2,5,11-12H,3-4,6-9H2,(H,18,21)(H,19,23). The molecule has 4 rings (SSSR count). The summed E-state index contributed by atoms with van der Waals surface area (Å²) in [5, 5.41) is 5.12. The highest BCUT2D eigenvalue weighted by molar-refractivity contribution is 7.91. The maximum absolute atomic E-state index is 12.5. The summed E-state index contributed by atoms with van der Waals surface area (Å²) in [4.78, 5) is 37.9. The molecule has 4 amide bonds. The van der Waals surface area contributed by atoms with Gasteiger partial charge in [-0.15, -0.1) is 0 Å². The Hall–Kier alpha value is -2.82. The average molecular weight is 409 g/mol. The Bertz CT molecular complexity index is 946. The Kier molecular flexibility index (Phi) is 4.61. The lowest BCUT2D eigenvalue weighted by Crippen LogP contribution is -2.41. The fraction of sp³-hybridized carbons (Fsp3) is 0.471. The van der Waals surface area contributed by atoms with Crippen LogP contribution in [0.5, 0.6) is 11.5 Å². The summed E-state index contributed by atoms with van der Waals surface area (Å²) in [6.07, 6.45) is 0.119. The number of imide groups is 1. The first-order valence-corrected chi connectivity index (χ1v) is 10.6. The van der Waals surface area contributed by atoms with Gasteiger partial charge in [-0.2, -0.15) is 0 Å². The quantitative estimate of drug-likeness (QED) is 0.629. The molecule has 0 bridgehead atoms. The summed E-state index contributed by atoms with van der Waals surface area (Å²) in [5.41, 5.74) is 0.689. The minimum absolute atomic E-state index is 0.0420. The number of hydrogen-bond acceptors (Lipinski definition) is 7. The Morgan fingerprint density at radius 1 is 1.25 bits per heavy atom. The number of benzene rings is 1. The van der Waals surface area contributed by atoms with E-state index in [0.29, 0.717) is 23.5 Å². The molecule has 2 N–H and O–H groups in total. The van der Waals surface area contributed by atoms with Crippen molar-refractivity contribution < 1.29 is 32.3 Å². The van der Waals surface area contributed by atoms with Crippen LogP contribution in [-0.2, 0) is 26.0 Å². The maximum Gasteiger partial charge on any atom is 0.325 e. The van der Waals surface area contributed by atoms with Crippen molar-refractivity contribution in [2.45, 2.75) is 31.5 Å². The monoisotopic (exact) mass is 409 g/mol. The maximum atomic E-state index is 12.5. The van der Waals surface area contributed by atoms with Gasteiger partial charge in [-0.3, -0.25) is 14.5 Å². The third-order valence-electron chi connectivity index (χ3n) is 4.87. The van der Waals surface area contributed by atoms with Crippen LogP contribution < -0.4 is 20.1 Å². The summed E-state index contributed by atoms with van der Waals surface area (Å²) in [6.45, 7) is 0.168. The number of nitrogens with zero attached hydrogens (tertiary/aromatic N) is 1. The van der Waals surface area contributed by atoms with E-state index in [9.17, 15) is 22.8 Å². The van der Waals surface area contributed by atoms with Gasteiger partial charge in [0, 0.05) is 6.04 Å². The van der Waals surface area contributed by atoms with Gasteiger partial charge in [0.2, 0.25) is 12.7 Å². The number of hydrogen-bond donors (Lipinski definition) is 2. The third kappa shape index (κ3) is 3.75. The van der Waals surface area contributed by atoms with E-state index in [1.165, 1.54) is 0 Å². The van der Waals surface area contributed by atoms with Gasteiger partial charge in [0.05, 0.1) is 24.5 Å². The Balaban J connectivity index is 1.35. The summed E-state index contributed by atoms with van der Waals surface area (Å²) in [7, 11) is -3.11. The van der Waals surface area contributed by atoms with Gasteiger partial charge in [-0.1, -0.05) is 6.07 Å². The highest BCUT2D eigenvalue weighted by Gasteiger charge is 2.39. The van der Waals surface area contributed by atoms with Gasteiger partial charge in [0.1, 0.15) is 6.04 Å². The number of carbonyl (C=O) groups excluding carboxylic acids is 3. The van der Waals surface area contributed by atoms with Crippen LogP contribution in [0.2, 0.25) is 0 Å². The Morgan fingerprint density at radius 3 is 2.79 bits per heavy atom. The number of carbonyl (C=O) groups is 3. The second kappa shape index (κ2) is 6.97. The minimum Gasteiger partial charge on any atom is -0.454 e. The largest absolute Gasteiger partial charge is 0.454 e. The average Bonchev–Trinajstić information content (AvgIpc) is 3.29. The smallest absolute Gasteiger partial charge is 0.325 e. The molecule has 10 nitrogen and oxygen atoms in total. The molecule has 0 saturated carbocycles. The lowest BCUT2D eigenvalue weighted by Gasteiger charge is -2.14. The second-order valence-corrected chi connectivity index (χ2v) is 9.21. The van der Waals surface area contributed by atoms with Gasteiger partial charge in [0.15, 0.2) is 21.3 Å². The highest BCUT2D eigenvalue weighted by Crippen LogP contribution is 2.33. The van der Waals surface area contributed by atoms with E-state index in [1.807, 2.05) is 0 Å². The SMILES string of the molecule is O=C(CC1NC(=O)N(Cc2ccc3c(c2)OCO3)C1=O)NC1CCS(=O)(=O)C1. The Morgan fingerprint density at radius 2 is 2.04 bits per heavy atom. The van der Waals surface area contributed by atoms with Crippen LogP contribution in [0.1, 0.15) is 18.4 Å². The van der Waals surface area contributed by atoms with Crippen molar-refractivity contribution in [1.82, 2.24) is 15.5 Å². The first-order valence-electron chi connectivity index (χ1n) is 8.81. The molecule has 2 atom stereocenters. The molecule has 0 radical (unpaired) electrons. The van der Waals surface area contributed by atoms with Crippen molar-refractivity contribution in [1.29, 1.82) is 0 Å². The van der Waals surface area contributed by atoms with Crippen molar-refractivity contribution >= 4 is 27.7 Å². The summed E-state index contributed by atoms with van der Waals surface area (Å²) >= 11 is 0. The first-order chi connectivity index (χ1) is 13.3. The van der Waals surface area contributed by atoms with Crippen LogP contribution in [0.15, 0.2) is 18.2 Å². The third-order valence-corrected chi connectivity index (χ3v) is 6.64. The molecular weight excluding hydrogens is 390 g/mol. The number of fused-ring (bicyclic) bond motifs is 1. The van der Waals surface area contributed by atoms with E-state index in [-0.39, 0.29) is 31.3 Å². The number of urea groups is 1. The summed E-state index contributed by atoms with van der Waals surface area (Å²) in [5.74, 6) is 0.124. The molecule has 3 aliphatic heterocycles. The number of ether oxygens (including phenoxy) is 2. The van der Waals surface area contributed by atoms with E-state index < -0.39 is 39.8 Å². The predicted octanol–water partition coefficient (Wildman–Crippen LogP) is -0.471.